The third kappa shape index (κ3) is 2.99. The van der Waals surface area contributed by atoms with Crippen molar-refractivity contribution < 1.29 is 14.3 Å². The number of aromatic nitrogens is 1. The second-order valence-electron chi connectivity index (χ2n) is 7.00. The Labute approximate surface area is 157 Å². The van der Waals surface area contributed by atoms with Gasteiger partial charge < -0.3 is 15.0 Å². The zero-order valence-corrected chi connectivity index (χ0v) is 15.5. The minimum Gasteiger partial charge on any atom is -0.462 e. The number of aryl methyl sites for hydroxylation is 1. The zero-order valence-electron chi connectivity index (χ0n) is 15.5. The van der Waals surface area contributed by atoms with Crippen LogP contribution in [0, 0.1) is 6.92 Å². The highest BCUT2D eigenvalue weighted by atomic mass is 16.5. The quantitative estimate of drug-likeness (QED) is 0.664. The average Bonchev–Trinajstić information content (AvgIpc) is 3.39. The summed E-state index contributed by atoms with van der Waals surface area (Å²) in [6.07, 6.45) is 1.67. The predicted octanol–water partition coefficient (Wildman–Crippen LogP) is 4.32. The van der Waals surface area contributed by atoms with Crippen LogP contribution < -0.4 is 5.32 Å². The summed E-state index contributed by atoms with van der Waals surface area (Å²) < 4.78 is 4.99. The van der Waals surface area contributed by atoms with E-state index in [4.69, 9.17) is 4.74 Å². The van der Waals surface area contributed by atoms with Crippen LogP contribution in [0.25, 0.3) is 10.9 Å². The van der Waals surface area contributed by atoms with E-state index in [1.165, 1.54) is 0 Å². The van der Waals surface area contributed by atoms with E-state index < -0.39 is 5.41 Å². The molecule has 1 fully saturated rings. The predicted molar refractivity (Wildman–Crippen MR) is 105 cm³/mol. The first kappa shape index (κ1) is 17.3. The highest BCUT2D eigenvalue weighted by molar-refractivity contribution is 6.05. The highest BCUT2D eigenvalue weighted by Crippen LogP contribution is 2.52. The number of anilines is 1. The molecule has 4 rings (SSSR count). The monoisotopic (exact) mass is 362 g/mol. The van der Waals surface area contributed by atoms with Crippen LogP contribution in [-0.4, -0.2) is 23.5 Å². The van der Waals surface area contributed by atoms with Gasteiger partial charge in [0.25, 0.3) is 0 Å². The molecule has 2 N–H and O–H groups in total. The van der Waals surface area contributed by atoms with Crippen LogP contribution in [0.15, 0.2) is 48.5 Å². The molecule has 1 heterocycles. The third-order valence-corrected chi connectivity index (χ3v) is 5.21. The fourth-order valence-electron chi connectivity index (χ4n) is 3.76. The molecule has 1 aliphatic carbocycles. The van der Waals surface area contributed by atoms with Crippen molar-refractivity contribution in [3.8, 4) is 0 Å². The molecule has 2 aromatic carbocycles. The van der Waals surface area contributed by atoms with E-state index in [0.29, 0.717) is 17.9 Å². The Bertz CT molecular complexity index is 1010. The maximum atomic E-state index is 13.1. The lowest BCUT2D eigenvalue weighted by Gasteiger charge is -2.16. The van der Waals surface area contributed by atoms with Crippen molar-refractivity contribution in [2.75, 3.05) is 11.9 Å². The van der Waals surface area contributed by atoms with Crippen LogP contribution in [-0.2, 0) is 14.9 Å². The first-order chi connectivity index (χ1) is 13.0. The van der Waals surface area contributed by atoms with Gasteiger partial charge in [0, 0.05) is 22.3 Å². The molecule has 0 radical (unpaired) electrons. The number of aromatic amines is 1. The minimum atomic E-state index is -0.483. The molecule has 0 unspecified atom stereocenters. The Hall–Kier alpha value is -3.08. The maximum Gasteiger partial charge on any atom is 0.338 e. The summed E-state index contributed by atoms with van der Waals surface area (Å²) >= 11 is 0. The van der Waals surface area contributed by atoms with Gasteiger partial charge >= 0.3 is 5.97 Å². The number of nitrogens with one attached hydrogen (secondary N) is 2. The standard InChI is InChI=1S/C22H22N2O3/c1-3-27-20(25)15-8-10-16(11-9-15)24-21(26)22(12-13-22)19-14(2)23-18-7-5-4-6-17(18)19/h4-11,23H,3,12-13H2,1-2H3,(H,24,26). The molecule has 138 valence electrons. The van der Waals surface area contributed by atoms with Gasteiger partial charge in [-0.3, -0.25) is 4.79 Å². The summed E-state index contributed by atoms with van der Waals surface area (Å²) in [5.74, 6) is -0.359. The summed E-state index contributed by atoms with van der Waals surface area (Å²) in [6.45, 7) is 4.13. The molecule has 0 spiro atoms. The summed E-state index contributed by atoms with van der Waals surface area (Å²) in [5, 5.41) is 4.13. The number of amides is 1. The third-order valence-electron chi connectivity index (χ3n) is 5.21. The van der Waals surface area contributed by atoms with Crippen LogP contribution >= 0.6 is 0 Å². The first-order valence-electron chi connectivity index (χ1n) is 9.21. The van der Waals surface area contributed by atoms with Gasteiger partial charge in [-0.25, -0.2) is 4.79 Å². The van der Waals surface area contributed by atoms with Gasteiger partial charge in [0.1, 0.15) is 0 Å². The average molecular weight is 362 g/mol. The molecule has 0 aliphatic heterocycles. The van der Waals surface area contributed by atoms with Crippen molar-refractivity contribution in [2.45, 2.75) is 32.1 Å². The van der Waals surface area contributed by atoms with Gasteiger partial charge in [-0.2, -0.15) is 0 Å². The summed E-state index contributed by atoms with van der Waals surface area (Å²) in [5.41, 5.74) is 3.87. The lowest BCUT2D eigenvalue weighted by Crippen LogP contribution is -2.28. The van der Waals surface area contributed by atoms with E-state index in [1.54, 1.807) is 31.2 Å². The van der Waals surface area contributed by atoms with Gasteiger partial charge in [-0.1, -0.05) is 18.2 Å². The molecule has 0 bridgehead atoms. The van der Waals surface area contributed by atoms with Crippen LogP contribution in [0.4, 0.5) is 5.69 Å². The molecule has 0 atom stereocenters. The number of benzene rings is 2. The number of hydrogen-bond acceptors (Lipinski definition) is 3. The van der Waals surface area contributed by atoms with Gasteiger partial charge in [0.2, 0.25) is 5.91 Å². The van der Waals surface area contributed by atoms with E-state index in [1.807, 2.05) is 25.1 Å². The summed E-state index contributed by atoms with van der Waals surface area (Å²) in [7, 11) is 0. The van der Waals surface area contributed by atoms with Crippen molar-refractivity contribution in [1.82, 2.24) is 4.98 Å². The Kier molecular flexibility index (Phi) is 4.22. The SMILES string of the molecule is CCOC(=O)c1ccc(NC(=O)C2(c3c(C)[nH]c4ccccc34)CC2)cc1. The molecule has 5 nitrogen and oxygen atoms in total. The van der Waals surface area contributed by atoms with Crippen LogP contribution in [0.3, 0.4) is 0 Å². The van der Waals surface area contributed by atoms with Crippen molar-refractivity contribution in [3.63, 3.8) is 0 Å². The lowest BCUT2D eigenvalue weighted by molar-refractivity contribution is -0.118. The molecule has 0 saturated heterocycles. The van der Waals surface area contributed by atoms with Crippen molar-refractivity contribution >= 4 is 28.5 Å². The summed E-state index contributed by atoms with van der Waals surface area (Å²) in [6, 6.07) is 14.9. The maximum absolute atomic E-state index is 13.1. The van der Waals surface area contributed by atoms with E-state index in [2.05, 4.69) is 16.4 Å². The second kappa shape index (κ2) is 6.58. The smallest absolute Gasteiger partial charge is 0.338 e. The number of carbonyl (C=O) groups is 2. The van der Waals surface area contributed by atoms with E-state index in [-0.39, 0.29) is 11.9 Å². The molecule has 5 heteroatoms. The van der Waals surface area contributed by atoms with Crippen LogP contribution in [0.5, 0.6) is 0 Å². The Morgan fingerprint density at radius 1 is 1.11 bits per heavy atom. The Balaban J connectivity index is 1.58. The molecule has 3 aromatic rings. The number of esters is 1. The molecule has 1 aromatic heterocycles. The topological polar surface area (TPSA) is 71.2 Å². The normalized spacial score (nSPS) is 14.7. The Morgan fingerprint density at radius 2 is 1.81 bits per heavy atom. The highest BCUT2D eigenvalue weighted by Gasteiger charge is 2.53. The van der Waals surface area contributed by atoms with Crippen molar-refractivity contribution in [2.24, 2.45) is 0 Å². The van der Waals surface area contributed by atoms with Gasteiger partial charge in [0.05, 0.1) is 17.6 Å². The second-order valence-corrected chi connectivity index (χ2v) is 7.00. The summed E-state index contributed by atoms with van der Waals surface area (Å²) in [4.78, 5) is 28.2. The molecule has 1 saturated carbocycles. The number of carbonyl (C=O) groups excluding carboxylic acids is 2. The molecular weight excluding hydrogens is 340 g/mol. The van der Waals surface area contributed by atoms with Gasteiger partial charge in [0.15, 0.2) is 0 Å². The van der Waals surface area contributed by atoms with Crippen molar-refractivity contribution in [1.29, 1.82) is 0 Å². The van der Waals surface area contributed by atoms with Crippen LogP contribution in [0.2, 0.25) is 0 Å². The Morgan fingerprint density at radius 3 is 2.48 bits per heavy atom. The number of H-pyrrole nitrogens is 1. The fourth-order valence-corrected chi connectivity index (χ4v) is 3.76. The van der Waals surface area contributed by atoms with Crippen LogP contribution in [0.1, 0.15) is 41.4 Å². The molecule has 27 heavy (non-hydrogen) atoms. The van der Waals surface area contributed by atoms with Crippen molar-refractivity contribution in [3.05, 3.63) is 65.4 Å². The van der Waals surface area contributed by atoms with E-state index >= 15 is 0 Å². The number of ether oxygens (including phenoxy) is 1. The van der Waals surface area contributed by atoms with E-state index in [0.717, 1.165) is 35.0 Å². The number of para-hydroxylation sites is 1. The lowest BCUT2D eigenvalue weighted by atomic mass is 9.92. The molecular formula is C22H22N2O3. The number of fused-ring (bicyclic) bond motifs is 1. The number of hydrogen-bond donors (Lipinski definition) is 2. The molecule has 1 aliphatic rings. The minimum absolute atomic E-state index is 0.000706. The van der Waals surface area contributed by atoms with Gasteiger partial charge in [-0.05, 0) is 62.6 Å². The first-order valence-corrected chi connectivity index (χ1v) is 9.21. The zero-order chi connectivity index (χ0) is 19.0. The van der Waals surface area contributed by atoms with E-state index in [9.17, 15) is 9.59 Å². The molecule has 1 amide bonds. The van der Waals surface area contributed by atoms with Gasteiger partial charge in [-0.15, -0.1) is 0 Å². The number of rotatable bonds is 5. The largest absolute Gasteiger partial charge is 0.462 e. The fraction of sp³-hybridized carbons (Fsp3) is 0.273.